The number of nitrogens with zero attached hydrogens (tertiary/aromatic N) is 2. The minimum Gasteiger partial charge on any atom is -0.497 e. The number of ether oxygens (including phenoxy) is 1. The molecule has 0 bridgehead atoms. The van der Waals surface area contributed by atoms with E-state index in [9.17, 15) is 14.4 Å². The van der Waals surface area contributed by atoms with Crippen LogP contribution in [-0.2, 0) is 9.59 Å². The highest BCUT2D eigenvalue weighted by molar-refractivity contribution is 6.30. The SMILES string of the molecule is C=CCN1C(=O)[C@H]2[C@H](C1=O)[C@H](C(=O)c1cccc(OC)c1)N1c3ccc(Cl)cc3C=C[C@H]21. The van der Waals surface area contributed by atoms with Crippen LogP contribution < -0.4 is 9.64 Å². The van der Waals surface area contributed by atoms with Crippen molar-refractivity contribution in [1.82, 2.24) is 4.90 Å². The van der Waals surface area contributed by atoms with Gasteiger partial charge in [0.2, 0.25) is 11.8 Å². The molecule has 7 heteroatoms. The number of likely N-dealkylation sites (tertiary alicyclic amines) is 1. The molecule has 2 amide bonds. The second-order valence-electron chi connectivity index (χ2n) is 8.13. The van der Waals surface area contributed by atoms with Crippen molar-refractivity contribution in [2.24, 2.45) is 11.8 Å². The molecule has 0 aromatic heterocycles. The molecule has 2 aromatic rings. The van der Waals surface area contributed by atoms with Crippen LogP contribution in [0.3, 0.4) is 0 Å². The molecule has 6 nitrogen and oxygen atoms in total. The molecule has 5 rings (SSSR count). The van der Waals surface area contributed by atoms with Crippen molar-refractivity contribution < 1.29 is 19.1 Å². The Balaban J connectivity index is 1.66. The lowest BCUT2D eigenvalue weighted by molar-refractivity contribution is -0.139. The Morgan fingerprint density at radius 3 is 2.69 bits per heavy atom. The van der Waals surface area contributed by atoms with E-state index in [0.29, 0.717) is 16.3 Å². The fraction of sp³-hybridized carbons (Fsp3) is 0.240. The molecule has 32 heavy (non-hydrogen) atoms. The highest BCUT2D eigenvalue weighted by Gasteiger charge is 2.63. The standard InChI is InChI=1S/C25H21ClN2O4/c1-3-11-27-24(30)20-19-9-7-14-12-16(26)8-10-18(14)28(19)22(21(20)25(27)31)23(29)15-5-4-6-17(13-15)32-2/h3-10,12-13,19-22H,1,11H2,2H3/t19-,20-,21+,22-/m1/s1. The van der Waals surface area contributed by atoms with Gasteiger partial charge in [0.15, 0.2) is 5.78 Å². The zero-order valence-electron chi connectivity index (χ0n) is 17.4. The quantitative estimate of drug-likeness (QED) is 0.397. The van der Waals surface area contributed by atoms with E-state index in [-0.39, 0.29) is 24.1 Å². The maximum Gasteiger partial charge on any atom is 0.236 e. The first-order valence-corrected chi connectivity index (χ1v) is 10.7. The summed E-state index contributed by atoms with van der Waals surface area (Å²) in [6.07, 6.45) is 5.34. The minimum atomic E-state index is -0.826. The molecule has 2 fully saturated rings. The molecule has 0 radical (unpaired) electrons. The Bertz CT molecular complexity index is 1190. The number of methoxy groups -OCH3 is 1. The van der Waals surface area contributed by atoms with Crippen molar-refractivity contribution in [3.8, 4) is 5.75 Å². The zero-order valence-corrected chi connectivity index (χ0v) is 18.2. The number of hydrogen-bond donors (Lipinski definition) is 0. The first kappa shape index (κ1) is 20.5. The molecule has 3 aliphatic heterocycles. The molecule has 0 spiro atoms. The van der Waals surface area contributed by atoms with Crippen LogP contribution in [0.2, 0.25) is 5.02 Å². The van der Waals surface area contributed by atoms with Gasteiger partial charge in [0, 0.05) is 22.8 Å². The summed E-state index contributed by atoms with van der Waals surface area (Å²) in [7, 11) is 1.53. The van der Waals surface area contributed by atoms with E-state index in [0.717, 1.165) is 11.3 Å². The van der Waals surface area contributed by atoms with Gasteiger partial charge < -0.3 is 9.64 Å². The molecule has 3 heterocycles. The average Bonchev–Trinajstić information content (AvgIpc) is 3.27. The van der Waals surface area contributed by atoms with Gasteiger partial charge in [-0.05, 0) is 35.9 Å². The molecule has 2 saturated heterocycles. The Hall–Kier alpha value is -3.38. The largest absolute Gasteiger partial charge is 0.497 e. The maximum atomic E-state index is 13.9. The topological polar surface area (TPSA) is 66.9 Å². The van der Waals surface area contributed by atoms with E-state index in [1.54, 1.807) is 30.3 Å². The normalized spacial score (nSPS) is 25.4. The summed E-state index contributed by atoms with van der Waals surface area (Å²) in [5.74, 6) is -1.69. The van der Waals surface area contributed by atoms with Crippen LogP contribution in [0.1, 0.15) is 15.9 Å². The van der Waals surface area contributed by atoms with Crippen molar-refractivity contribution in [1.29, 1.82) is 0 Å². The zero-order chi connectivity index (χ0) is 22.6. The molecule has 0 unspecified atom stereocenters. The number of carbonyl (C=O) groups is 3. The number of hydrogen-bond acceptors (Lipinski definition) is 5. The van der Waals surface area contributed by atoms with Gasteiger partial charge in [-0.1, -0.05) is 42.0 Å². The Labute approximate surface area is 190 Å². The van der Waals surface area contributed by atoms with E-state index in [4.69, 9.17) is 16.3 Å². The van der Waals surface area contributed by atoms with Crippen LogP contribution >= 0.6 is 11.6 Å². The third-order valence-corrected chi connectivity index (χ3v) is 6.73. The van der Waals surface area contributed by atoms with Crippen molar-refractivity contribution in [2.75, 3.05) is 18.6 Å². The van der Waals surface area contributed by atoms with Crippen LogP contribution in [0.4, 0.5) is 5.69 Å². The predicted octanol–water partition coefficient (Wildman–Crippen LogP) is 3.60. The lowest BCUT2D eigenvalue weighted by Crippen LogP contribution is -2.48. The van der Waals surface area contributed by atoms with Gasteiger partial charge in [-0.3, -0.25) is 19.3 Å². The number of imide groups is 1. The van der Waals surface area contributed by atoms with Crippen LogP contribution in [0.15, 0.2) is 61.2 Å². The average molecular weight is 449 g/mol. The van der Waals surface area contributed by atoms with Crippen molar-refractivity contribution in [3.63, 3.8) is 0 Å². The summed E-state index contributed by atoms with van der Waals surface area (Å²) >= 11 is 6.19. The second kappa shape index (κ2) is 7.64. The van der Waals surface area contributed by atoms with Gasteiger partial charge in [-0.2, -0.15) is 0 Å². The highest BCUT2D eigenvalue weighted by atomic mass is 35.5. The summed E-state index contributed by atoms with van der Waals surface area (Å²) in [6.45, 7) is 3.80. The van der Waals surface area contributed by atoms with Crippen LogP contribution in [0.5, 0.6) is 5.75 Å². The third-order valence-electron chi connectivity index (χ3n) is 6.49. The van der Waals surface area contributed by atoms with Gasteiger partial charge in [0.25, 0.3) is 0 Å². The third kappa shape index (κ3) is 2.90. The number of halogens is 1. The van der Waals surface area contributed by atoms with Gasteiger partial charge in [0.1, 0.15) is 11.8 Å². The number of amides is 2. The molecule has 2 aromatic carbocycles. The van der Waals surface area contributed by atoms with E-state index < -0.39 is 23.9 Å². The van der Waals surface area contributed by atoms with Crippen LogP contribution in [0.25, 0.3) is 6.08 Å². The number of rotatable bonds is 5. The predicted molar refractivity (Wildman–Crippen MR) is 122 cm³/mol. The summed E-state index contributed by atoms with van der Waals surface area (Å²) in [5.41, 5.74) is 2.06. The molecule has 0 saturated carbocycles. The Morgan fingerprint density at radius 2 is 1.94 bits per heavy atom. The molecule has 162 valence electrons. The highest BCUT2D eigenvalue weighted by Crippen LogP contribution is 2.49. The van der Waals surface area contributed by atoms with E-state index >= 15 is 0 Å². The van der Waals surface area contributed by atoms with Crippen LogP contribution in [-0.4, -0.2) is 48.2 Å². The van der Waals surface area contributed by atoms with Crippen LogP contribution in [0, 0.1) is 11.8 Å². The van der Waals surface area contributed by atoms with Crippen molar-refractivity contribution >= 4 is 41.0 Å². The first-order chi connectivity index (χ1) is 15.5. The monoisotopic (exact) mass is 448 g/mol. The van der Waals surface area contributed by atoms with E-state index in [2.05, 4.69) is 6.58 Å². The fourth-order valence-corrected chi connectivity index (χ4v) is 5.34. The number of Topliss-reactive ketones (excluding diaryl/α,β-unsaturated/α-hetero) is 1. The van der Waals surface area contributed by atoms with Gasteiger partial charge >= 0.3 is 0 Å². The minimum absolute atomic E-state index is 0.132. The molecule has 3 aliphatic rings. The number of anilines is 1. The van der Waals surface area contributed by atoms with Gasteiger partial charge in [-0.25, -0.2) is 0 Å². The molecular formula is C25H21ClN2O4. The molecule has 0 N–H and O–H groups in total. The van der Waals surface area contributed by atoms with Crippen molar-refractivity contribution in [3.05, 3.63) is 77.3 Å². The molecular weight excluding hydrogens is 428 g/mol. The Kier molecular flexibility index (Phi) is 4.90. The lowest BCUT2D eigenvalue weighted by atomic mass is 9.86. The summed E-state index contributed by atoms with van der Waals surface area (Å²) in [6, 6.07) is 11.1. The number of benzene rings is 2. The first-order valence-electron chi connectivity index (χ1n) is 10.4. The second-order valence-corrected chi connectivity index (χ2v) is 8.56. The summed E-state index contributed by atoms with van der Waals surface area (Å²) in [4.78, 5) is 43.6. The fourth-order valence-electron chi connectivity index (χ4n) is 5.16. The summed E-state index contributed by atoms with van der Waals surface area (Å²) in [5, 5.41) is 0.575. The molecule has 4 atom stereocenters. The molecule has 0 aliphatic carbocycles. The summed E-state index contributed by atoms with van der Waals surface area (Å²) < 4.78 is 5.29. The van der Waals surface area contributed by atoms with Gasteiger partial charge in [0.05, 0.1) is 25.0 Å². The van der Waals surface area contributed by atoms with Gasteiger partial charge in [-0.15, -0.1) is 6.58 Å². The number of fused-ring (bicyclic) bond motifs is 5. The maximum absolute atomic E-state index is 13.9. The smallest absolute Gasteiger partial charge is 0.236 e. The Morgan fingerprint density at radius 1 is 1.16 bits per heavy atom. The number of ketones is 1. The van der Waals surface area contributed by atoms with E-state index in [1.807, 2.05) is 29.2 Å². The van der Waals surface area contributed by atoms with E-state index in [1.165, 1.54) is 18.1 Å². The lowest BCUT2D eigenvalue weighted by Gasteiger charge is -2.36. The van der Waals surface area contributed by atoms with Crippen molar-refractivity contribution in [2.45, 2.75) is 12.1 Å². The number of carbonyl (C=O) groups excluding carboxylic acids is 3.